The summed E-state index contributed by atoms with van der Waals surface area (Å²) in [6.45, 7) is 5.36. The van der Waals surface area contributed by atoms with Gasteiger partial charge in [-0.2, -0.15) is 0 Å². The monoisotopic (exact) mass is 342 g/mol. The molecule has 0 amide bonds. The number of nitrogens with zero attached hydrogens (tertiary/aromatic N) is 1. The Morgan fingerprint density at radius 3 is 2.70 bits per heavy atom. The van der Waals surface area contributed by atoms with Crippen LogP contribution in [0.2, 0.25) is 0 Å². The molecule has 20 heavy (non-hydrogen) atoms. The maximum Gasteiger partial charge on any atom is 0.129 e. The van der Waals surface area contributed by atoms with Gasteiger partial charge >= 0.3 is 0 Å². The lowest BCUT2D eigenvalue weighted by atomic mass is 9.92. The molecule has 1 heterocycles. The maximum absolute atomic E-state index is 14.0. The van der Waals surface area contributed by atoms with Gasteiger partial charge in [0.1, 0.15) is 5.82 Å². The Balaban J connectivity index is 1.92. The average molecular weight is 343 g/mol. The van der Waals surface area contributed by atoms with E-state index >= 15 is 0 Å². The third-order valence-corrected chi connectivity index (χ3v) is 4.91. The highest BCUT2D eigenvalue weighted by molar-refractivity contribution is 9.10. The molecule has 1 saturated heterocycles. The summed E-state index contributed by atoms with van der Waals surface area (Å²) in [6, 6.07) is 5.55. The Bertz CT molecular complexity index is 430. The molecule has 4 heteroatoms. The second-order valence-electron chi connectivity index (χ2n) is 5.71. The number of rotatable bonds is 5. The minimum absolute atomic E-state index is 0.107. The molecule has 1 N–H and O–H groups in total. The summed E-state index contributed by atoms with van der Waals surface area (Å²) in [5.74, 6) is 0.713. The standard InChI is InChI=1S/C16H24BrFN2/c1-12(15-4-3-14(17)11-16(15)18)20-9-6-13(7-10-20)5-8-19-2/h3-4,11-13,19H,5-10H2,1-2H3. The zero-order valence-corrected chi connectivity index (χ0v) is 13.9. The summed E-state index contributed by atoms with van der Waals surface area (Å²) in [7, 11) is 2.01. The number of piperidine rings is 1. The van der Waals surface area contributed by atoms with Crippen LogP contribution >= 0.6 is 15.9 Å². The Morgan fingerprint density at radius 1 is 1.40 bits per heavy atom. The fourth-order valence-electron chi connectivity index (χ4n) is 3.01. The molecule has 1 atom stereocenters. The van der Waals surface area contributed by atoms with Crippen molar-refractivity contribution in [3.8, 4) is 0 Å². The SMILES string of the molecule is CNCCC1CCN(C(C)c2ccc(Br)cc2F)CC1. The van der Waals surface area contributed by atoms with Crippen LogP contribution in [0, 0.1) is 11.7 Å². The van der Waals surface area contributed by atoms with Crippen LogP contribution in [0.5, 0.6) is 0 Å². The van der Waals surface area contributed by atoms with E-state index in [4.69, 9.17) is 0 Å². The fraction of sp³-hybridized carbons (Fsp3) is 0.625. The van der Waals surface area contributed by atoms with Crippen molar-refractivity contribution in [3.63, 3.8) is 0 Å². The molecular formula is C16H24BrFN2. The summed E-state index contributed by atoms with van der Waals surface area (Å²) in [5, 5.41) is 3.22. The van der Waals surface area contributed by atoms with Crippen molar-refractivity contribution in [3.05, 3.63) is 34.1 Å². The lowest BCUT2D eigenvalue weighted by molar-refractivity contribution is 0.135. The van der Waals surface area contributed by atoms with Crippen LogP contribution < -0.4 is 5.32 Å². The van der Waals surface area contributed by atoms with Gasteiger partial charge in [0, 0.05) is 16.1 Å². The first-order chi connectivity index (χ1) is 9.61. The number of benzene rings is 1. The molecular weight excluding hydrogens is 319 g/mol. The summed E-state index contributed by atoms with van der Waals surface area (Å²) in [6.07, 6.45) is 3.71. The lowest BCUT2D eigenvalue weighted by Crippen LogP contribution is -2.36. The zero-order chi connectivity index (χ0) is 14.5. The molecule has 1 fully saturated rings. The van der Waals surface area contributed by atoms with Crippen molar-refractivity contribution in [2.45, 2.75) is 32.2 Å². The molecule has 0 saturated carbocycles. The van der Waals surface area contributed by atoms with E-state index in [1.54, 1.807) is 6.07 Å². The Hall–Kier alpha value is -0.450. The van der Waals surface area contributed by atoms with E-state index < -0.39 is 0 Å². The van der Waals surface area contributed by atoms with Crippen LogP contribution in [0.25, 0.3) is 0 Å². The first-order valence-electron chi connectivity index (χ1n) is 7.45. The first-order valence-corrected chi connectivity index (χ1v) is 8.24. The van der Waals surface area contributed by atoms with Gasteiger partial charge in [0.15, 0.2) is 0 Å². The molecule has 0 aromatic heterocycles. The second-order valence-corrected chi connectivity index (χ2v) is 6.63. The van der Waals surface area contributed by atoms with Crippen molar-refractivity contribution in [1.82, 2.24) is 10.2 Å². The van der Waals surface area contributed by atoms with E-state index in [0.29, 0.717) is 0 Å². The van der Waals surface area contributed by atoms with Gasteiger partial charge in [-0.15, -0.1) is 0 Å². The van der Waals surface area contributed by atoms with E-state index in [1.807, 2.05) is 19.2 Å². The molecule has 2 rings (SSSR count). The minimum Gasteiger partial charge on any atom is -0.320 e. The molecule has 0 radical (unpaired) electrons. The van der Waals surface area contributed by atoms with Gasteiger partial charge in [0.2, 0.25) is 0 Å². The van der Waals surface area contributed by atoms with Crippen LogP contribution in [0.1, 0.15) is 37.8 Å². The highest BCUT2D eigenvalue weighted by Gasteiger charge is 2.24. The van der Waals surface area contributed by atoms with Crippen LogP contribution in [0.15, 0.2) is 22.7 Å². The van der Waals surface area contributed by atoms with Gasteiger partial charge < -0.3 is 5.32 Å². The number of nitrogens with one attached hydrogen (secondary N) is 1. The molecule has 0 bridgehead atoms. The minimum atomic E-state index is -0.107. The van der Waals surface area contributed by atoms with Crippen LogP contribution in [-0.2, 0) is 0 Å². The zero-order valence-electron chi connectivity index (χ0n) is 12.3. The van der Waals surface area contributed by atoms with Crippen molar-refractivity contribution in [2.24, 2.45) is 5.92 Å². The molecule has 0 spiro atoms. The number of hydrogen-bond donors (Lipinski definition) is 1. The quantitative estimate of drug-likeness (QED) is 0.870. The predicted octanol–water partition coefficient (Wildman–Crippen LogP) is 3.97. The number of likely N-dealkylation sites (tertiary alicyclic amines) is 1. The summed E-state index contributed by atoms with van der Waals surface area (Å²) in [4.78, 5) is 2.40. The van der Waals surface area contributed by atoms with Gasteiger partial charge in [-0.05, 0) is 70.9 Å². The average Bonchev–Trinajstić information content (AvgIpc) is 2.45. The maximum atomic E-state index is 14.0. The van der Waals surface area contributed by atoms with E-state index in [1.165, 1.54) is 19.3 Å². The predicted molar refractivity (Wildman–Crippen MR) is 85.4 cm³/mol. The Morgan fingerprint density at radius 2 is 2.10 bits per heavy atom. The third kappa shape index (κ3) is 4.03. The smallest absolute Gasteiger partial charge is 0.129 e. The van der Waals surface area contributed by atoms with Crippen molar-refractivity contribution >= 4 is 15.9 Å². The molecule has 112 valence electrons. The van der Waals surface area contributed by atoms with E-state index in [9.17, 15) is 4.39 Å². The van der Waals surface area contributed by atoms with Crippen LogP contribution in [0.4, 0.5) is 4.39 Å². The molecule has 1 aliphatic heterocycles. The van der Waals surface area contributed by atoms with Gasteiger partial charge in [0.25, 0.3) is 0 Å². The highest BCUT2D eigenvalue weighted by atomic mass is 79.9. The van der Waals surface area contributed by atoms with Crippen LogP contribution in [-0.4, -0.2) is 31.6 Å². The largest absolute Gasteiger partial charge is 0.320 e. The Kier molecular flexibility index (Phi) is 6.00. The molecule has 1 aromatic rings. The fourth-order valence-corrected chi connectivity index (χ4v) is 3.35. The summed E-state index contributed by atoms with van der Waals surface area (Å²) in [5.41, 5.74) is 0.807. The van der Waals surface area contributed by atoms with Gasteiger partial charge in [-0.25, -0.2) is 4.39 Å². The van der Waals surface area contributed by atoms with E-state index in [2.05, 4.69) is 33.1 Å². The topological polar surface area (TPSA) is 15.3 Å². The molecule has 1 unspecified atom stereocenters. The number of halogens is 2. The van der Waals surface area contributed by atoms with Gasteiger partial charge in [0.05, 0.1) is 0 Å². The molecule has 1 aliphatic rings. The van der Waals surface area contributed by atoms with E-state index in [0.717, 1.165) is 35.6 Å². The lowest BCUT2D eigenvalue weighted by Gasteiger charge is -2.36. The summed E-state index contributed by atoms with van der Waals surface area (Å²) >= 11 is 3.31. The first kappa shape index (κ1) is 15.9. The van der Waals surface area contributed by atoms with Crippen molar-refractivity contribution in [2.75, 3.05) is 26.7 Å². The van der Waals surface area contributed by atoms with Crippen molar-refractivity contribution < 1.29 is 4.39 Å². The Labute approximate surface area is 129 Å². The van der Waals surface area contributed by atoms with E-state index in [-0.39, 0.29) is 11.9 Å². The number of hydrogen-bond acceptors (Lipinski definition) is 2. The third-order valence-electron chi connectivity index (χ3n) is 4.41. The summed E-state index contributed by atoms with van der Waals surface area (Å²) < 4.78 is 14.8. The van der Waals surface area contributed by atoms with Crippen molar-refractivity contribution in [1.29, 1.82) is 0 Å². The normalized spacial score (nSPS) is 19.2. The molecule has 2 nitrogen and oxygen atoms in total. The van der Waals surface area contributed by atoms with Crippen LogP contribution in [0.3, 0.4) is 0 Å². The van der Waals surface area contributed by atoms with Gasteiger partial charge in [-0.3, -0.25) is 4.90 Å². The molecule has 1 aromatic carbocycles. The highest BCUT2D eigenvalue weighted by Crippen LogP contribution is 2.30. The van der Waals surface area contributed by atoms with Gasteiger partial charge in [-0.1, -0.05) is 22.0 Å². The molecule has 0 aliphatic carbocycles. The second kappa shape index (κ2) is 7.53.